The van der Waals surface area contributed by atoms with E-state index in [9.17, 15) is 8.42 Å². The Hall–Kier alpha value is -1.11. The van der Waals surface area contributed by atoms with Gasteiger partial charge in [0, 0.05) is 19.1 Å². The van der Waals surface area contributed by atoms with Gasteiger partial charge in [-0.1, -0.05) is 12.1 Å². The van der Waals surface area contributed by atoms with E-state index in [0.29, 0.717) is 25.0 Å². The van der Waals surface area contributed by atoms with Crippen LogP contribution in [0, 0.1) is 0 Å². The largest absolute Gasteiger partial charge is 0.497 e. The SMILES string of the molecule is COc1cccc(C2CC(NCCNS(C)(=O)=O)C2)c1. The van der Waals surface area contributed by atoms with Gasteiger partial charge in [0.1, 0.15) is 5.75 Å². The highest BCUT2D eigenvalue weighted by atomic mass is 32.2. The van der Waals surface area contributed by atoms with Crippen molar-refractivity contribution < 1.29 is 13.2 Å². The predicted octanol–water partition coefficient (Wildman–Crippen LogP) is 1.08. The maximum Gasteiger partial charge on any atom is 0.208 e. The number of benzene rings is 1. The van der Waals surface area contributed by atoms with Crippen molar-refractivity contribution in [1.82, 2.24) is 10.0 Å². The van der Waals surface area contributed by atoms with Gasteiger partial charge in [-0.05, 0) is 36.5 Å². The zero-order valence-corrected chi connectivity index (χ0v) is 12.7. The van der Waals surface area contributed by atoms with Crippen LogP contribution < -0.4 is 14.8 Å². The molecule has 0 spiro atoms. The minimum atomic E-state index is -3.08. The van der Waals surface area contributed by atoms with E-state index >= 15 is 0 Å². The third-order valence-corrected chi connectivity index (χ3v) is 4.35. The van der Waals surface area contributed by atoms with Crippen molar-refractivity contribution in [2.75, 3.05) is 26.5 Å². The molecule has 0 saturated heterocycles. The van der Waals surface area contributed by atoms with Crippen LogP contribution in [0.5, 0.6) is 5.75 Å². The molecule has 0 aromatic heterocycles. The summed E-state index contributed by atoms with van der Waals surface area (Å²) < 4.78 is 29.5. The van der Waals surface area contributed by atoms with Crippen LogP contribution in [0.25, 0.3) is 0 Å². The highest BCUT2D eigenvalue weighted by molar-refractivity contribution is 7.88. The molecule has 0 atom stereocenters. The lowest BCUT2D eigenvalue weighted by Gasteiger charge is -2.36. The Morgan fingerprint density at radius 1 is 1.30 bits per heavy atom. The van der Waals surface area contributed by atoms with E-state index in [4.69, 9.17) is 4.74 Å². The van der Waals surface area contributed by atoms with Crippen LogP contribution in [0.3, 0.4) is 0 Å². The first-order chi connectivity index (χ1) is 9.48. The average Bonchev–Trinajstić information content (AvgIpc) is 2.35. The maximum absolute atomic E-state index is 10.9. The number of rotatable bonds is 7. The highest BCUT2D eigenvalue weighted by Gasteiger charge is 2.29. The van der Waals surface area contributed by atoms with E-state index in [2.05, 4.69) is 22.2 Å². The Morgan fingerprint density at radius 2 is 2.05 bits per heavy atom. The van der Waals surface area contributed by atoms with Crippen molar-refractivity contribution in [2.45, 2.75) is 24.8 Å². The van der Waals surface area contributed by atoms with Crippen LogP contribution in [-0.4, -0.2) is 40.9 Å². The summed E-state index contributed by atoms with van der Waals surface area (Å²) in [5, 5.41) is 3.36. The van der Waals surface area contributed by atoms with Crippen molar-refractivity contribution in [1.29, 1.82) is 0 Å². The number of ether oxygens (including phenoxy) is 1. The van der Waals surface area contributed by atoms with E-state index in [1.165, 1.54) is 11.8 Å². The number of sulfonamides is 1. The Labute approximate surface area is 120 Å². The minimum absolute atomic E-state index is 0.444. The topological polar surface area (TPSA) is 67.4 Å². The fraction of sp³-hybridized carbons (Fsp3) is 0.571. The van der Waals surface area contributed by atoms with Gasteiger partial charge in [-0.15, -0.1) is 0 Å². The monoisotopic (exact) mass is 298 g/mol. The molecule has 1 aromatic carbocycles. The van der Waals surface area contributed by atoms with Gasteiger partial charge in [-0.25, -0.2) is 13.1 Å². The Kier molecular flexibility index (Phi) is 5.01. The first-order valence-corrected chi connectivity index (χ1v) is 8.69. The van der Waals surface area contributed by atoms with Crippen LogP contribution in [-0.2, 0) is 10.0 Å². The van der Waals surface area contributed by atoms with E-state index in [1.54, 1.807) is 7.11 Å². The fourth-order valence-corrected chi connectivity index (χ4v) is 2.94. The molecule has 1 saturated carbocycles. The Bertz CT molecular complexity index is 539. The lowest BCUT2D eigenvalue weighted by atomic mass is 9.76. The van der Waals surface area contributed by atoms with Gasteiger partial charge < -0.3 is 10.1 Å². The van der Waals surface area contributed by atoms with Crippen LogP contribution in [0.1, 0.15) is 24.3 Å². The van der Waals surface area contributed by atoms with E-state index < -0.39 is 10.0 Å². The molecule has 0 aliphatic heterocycles. The molecule has 2 N–H and O–H groups in total. The lowest BCUT2D eigenvalue weighted by Crippen LogP contribution is -2.43. The number of hydrogen-bond acceptors (Lipinski definition) is 4. The number of methoxy groups -OCH3 is 1. The molecule has 1 aromatic rings. The lowest BCUT2D eigenvalue weighted by molar-refractivity contribution is 0.292. The quantitative estimate of drug-likeness (QED) is 0.739. The molecule has 2 rings (SSSR count). The van der Waals surface area contributed by atoms with Gasteiger partial charge in [-0.3, -0.25) is 0 Å². The minimum Gasteiger partial charge on any atom is -0.497 e. The second kappa shape index (κ2) is 6.56. The first-order valence-electron chi connectivity index (χ1n) is 6.80. The number of nitrogens with one attached hydrogen (secondary N) is 2. The van der Waals surface area contributed by atoms with Gasteiger partial charge in [0.25, 0.3) is 0 Å². The normalized spacial score (nSPS) is 22.3. The van der Waals surface area contributed by atoms with Gasteiger partial charge >= 0.3 is 0 Å². The van der Waals surface area contributed by atoms with Gasteiger partial charge in [0.05, 0.1) is 13.4 Å². The zero-order chi connectivity index (χ0) is 14.6. The third kappa shape index (κ3) is 4.47. The summed E-state index contributed by atoms with van der Waals surface area (Å²) in [4.78, 5) is 0. The summed E-state index contributed by atoms with van der Waals surface area (Å²) in [5.74, 6) is 1.47. The Balaban J connectivity index is 1.69. The molecule has 1 fully saturated rings. The second-order valence-electron chi connectivity index (χ2n) is 5.26. The molecular weight excluding hydrogens is 276 g/mol. The van der Waals surface area contributed by atoms with Gasteiger partial charge in [-0.2, -0.15) is 0 Å². The molecule has 0 radical (unpaired) electrons. The van der Waals surface area contributed by atoms with Crippen LogP contribution in [0.15, 0.2) is 24.3 Å². The smallest absolute Gasteiger partial charge is 0.208 e. The Morgan fingerprint density at radius 3 is 2.70 bits per heavy atom. The highest BCUT2D eigenvalue weighted by Crippen LogP contribution is 2.37. The van der Waals surface area contributed by atoms with E-state index in [1.807, 2.05) is 12.1 Å². The molecule has 0 unspecified atom stereocenters. The van der Waals surface area contributed by atoms with Crippen LogP contribution in [0.4, 0.5) is 0 Å². The molecule has 5 nitrogen and oxygen atoms in total. The summed E-state index contributed by atoms with van der Waals surface area (Å²) in [6.45, 7) is 1.11. The van der Waals surface area contributed by atoms with Crippen molar-refractivity contribution in [3.63, 3.8) is 0 Å². The summed E-state index contributed by atoms with van der Waals surface area (Å²) in [5.41, 5.74) is 1.32. The third-order valence-electron chi connectivity index (χ3n) is 3.63. The number of hydrogen-bond donors (Lipinski definition) is 2. The average molecular weight is 298 g/mol. The fourth-order valence-electron chi connectivity index (χ4n) is 2.46. The summed E-state index contributed by atoms with van der Waals surface area (Å²) in [6.07, 6.45) is 3.35. The summed E-state index contributed by atoms with van der Waals surface area (Å²) in [7, 11) is -1.40. The maximum atomic E-state index is 10.9. The molecular formula is C14H22N2O3S. The van der Waals surface area contributed by atoms with Crippen molar-refractivity contribution in [2.24, 2.45) is 0 Å². The van der Waals surface area contributed by atoms with E-state index in [-0.39, 0.29) is 0 Å². The van der Waals surface area contributed by atoms with E-state index in [0.717, 1.165) is 18.6 Å². The van der Waals surface area contributed by atoms with Gasteiger partial charge in [0.2, 0.25) is 10.0 Å². The molecule has 20 heavy (non-hydrogen) atoms. The van der Waals surface area contributed by atoms with Crippen LogP contribution >= 0.6 is 0 Å². The zero-order valence-electron chi connectivity index (χ0n) is 11.9. The summed E-state index contributed by atoms with van der Waals surface area (Å²) >= 11 is 0. The predicted molar refractivity (Wildman–Crippen MR) is 79.6 cm³/mol. The van der Waals surface area contributed by atoms with Crippen molar-refractivity contribution in [3.8, 4) is 5.75 Å². The molecule has 0 heterocycles. The molecule has 6 heteroatoms. The van der Waals surface area contributed by atoms with Gasteiger partial charge in [0.15, 0.2) is 0 Å². The molecule has 1 aliphatic carbocycles. The van der Waals surface area contributed by atoms with Crippen molar-refractivity contribution in [3.05, 3.63) is 29.8 Å². The van der Waals surface area contributed by atoms with Crippen molar-refractivity contribution >= 4 is 10.0 Å². The molecule has 0 bridgehead atoms. The standard InChI is InChI=1S/C14H22N2O3S/c1-19-14-5-3-4-11(10-14)12-8-13(9-12)15-6-7-16-20(2,17)18/h3-5,10,12-13,15-16H,6-9H2,1-2H3. The van der Waals surface area contributed by atoms with Crippen LogP contribution in [0.2, 0.25) is 0 Å². The summed E-state index contributed by atoms with van der Waals surface area (Å²) in [6, 6.07) is 8.67. The second-order valence-corrected chi connectivity index (χ2v) is 7.10. The molecule has 1 aliphatic rings. The molecule has 0 amide bonds. The first kappa shape index (κ1) is 15.3. The molecule has 112 valence electrons.